The van der Waals surface area contributed by atoms with E-state index in [1.165, 1.54) is 0 Å². The molecule has 0 saturated carbocycles. The highest BCUT2D eigenvalue weighted by Crippen LogP contribution is 2.25. The van der Waals surface area contributed by atoms with Gasteiger partial charge in [0.2, 0.25) is 0 Å². The predicted octanol–water partition coefficient (Wildman–Crippen LogP) is 2.91. The van der Waals surface area contributed by atoms with Gasteiger partial charge in [0.1, 0.15) is 6.07 Å². The number of nitrogens with zero attached hydrogens (tertiary/aromatic N) is 5. The zero-order valence-electron chi connectivity index (χ0n) is 14.2. The minimum absolute atomic E-state index is 0.536. The molecular weight excluding hydrogens is 394 g/mol. The fraction of sp³-hybridized carbons (Fsp3) is 0.316. The third-order valence-electron chi connectivity index (χ3n) is 4.52. The molecule has 1 aliphatic heterocycles. The van der Waals surface area contributed by atoms with Crippen molar-refractivity contribution >= 4 is 21.6 Å². The SMILES string of the molecule is N#Cc1ccc(-c2cccc(Br)c2)n2nc(CCN3CCOCC3)nc12. The van der Waals surface area contributed by atoms with E-state index in [4.69, 9.17) is 9.84 Å². The van der Waals surface area contributed by atoms with E-state index in [1.807, 2.05) is 36.4 Å². The highest BCUT2D eigenvalue weighted by atomic mass is 79.9. The van der Waals surface area contributed by atoms with Gasteiger partial charge in [0.15, 0.2) is 11.5 Å². The van der Waals surface area contributed by atoms with Crippen LogP contribution >= 0.6 is 15.9 Å². The molecule has 3 aromatic rings. The number of rotatable bonds is 4. The third kappa shape index (κ3) is 3.49. The van der Waals surface area contributed by atoms with Crippen LogP contribution in [0.25, 0.3) is 16.9 Å². The molecule has 0 aliphatic carbocycles. The fourth-order valence-corrected chi connectivity index (χ4v) is 3.55. The van der Waals surface area contributed by atoms with Crippen molar-refractivity contribution in [1.82, 2.24) is 19.5 Å². The maximum Gasteiger partial charge on any atom is 0.174 e. The van der Waals surface area contributed by atoms with Crippen LogP contribution in [-0.4, -0.2) is 52.3 Å². The molecule has 1 aromatic carbocycles. The summed E-state index contributed by atoms with van der Waals surface area (Å²) in [5, 5.41) is 14.1. The van der Waals surface area contributed by atoms with Gasteiger partial charge in [-0.3, -0.25) is 4.90 Å². The Morgan fingerprint density at radius 1 is 1.19 bits per heavy atom. The van der Waals surface area contributed by atoms with Crippen LogP contribution in [0, 0.1) is 11.3 Å². The van der Waals surface area contributed by atoms with Crippen molar-refractivity contribution in [2.75, 3.05) is 32.8 Å². The van der Waals surface area contributed by atoms with E-state index in [1.54, 1.807) is 4.52 Å². The van der Waals surface area contributed by atoms with Crippen LogP contribution in [0.3, 0.4) is 0 Å². The molecule has 26 heavy (non-hydrogen) atoms. The van der Waals surface area contributed by atoms with Gasteiger partial charge in [-0.25, -0.2) is 9.50 Å². The molecule has 6 nitrogen and oxygen atoms in total. The summed E-state index contributed by atoms with van der Waals surface area (Å²) in [4.78, 5) is 6.99. The average molecular weight is 412 g/mol. The average Bonchev–Trinajstić information content (AvgIpc) is 3.10. The zero-order valence-corrected chi connectivity index (χ0v) is 15.8. The number of benzene rings is 1. The number of hydrogen-bond donors (Lipinski definition) is 0. The van der Waals surface area contributed by atoms with Gasteiger partial charge in [-0.05, 0) is 24.3 Å². The number of halogens is 1. The van der Waals surface area contributed by atoms with Gasteiger partial charge in [-0.1, -0.05) is 28.1 Å². The summed E-state index contributed by atoms with van der Waals surface area (Å²) >= 11 is 3.51. The van der Waals surface area contributed by atoms with Crippen molar-refractivity contribution in [1.29, 1.82) is 5.26 Å². The van der Waals surface area contributed by atoms with Gasteiger partial charge >= 0.3 is 0 Å². The molecule has 0 atom stereocenters. The first-order valence-corrected chi connectivity index (χ1v) is 9.39. The second-order valence-electron chi connectivity index (χ2n) is 6.22. The lowest BCUT2D eigenvalue weighted by atomic mass is 10.1. The van der Waals surface area contributed by atoms with E-state index in [2.05, 4.69) is 31.9 Å². The molecule has 1 aliphatic rings. The largest absolute Gasteiger partial charge is 0.379 e. The smallest absolute Gasteiger partial charge is 0.174 e. The second kappa shape index (κ2) is 7.54. The zero-order chi connectivity index (χ0) is 17.9. The van der Waals surface area contributed by atoms with Gasteiger partial charge in [-0.2, -0.15) is 10.4 Å². The number of ether oxygens (including phenoxy) is 1. The fourth-order valence-electron chi connectivity index (χ4n) is 3.15. The van der Waals surface area contributed by atoms with Crippen LogP contribution in [0.15, 0.2) is 40.9 Å². The van der Waals surface area contributed by atoms with Crippen LogP contribution < -0.4 is 0 Å². The third-order valence-corrected chi connectivity index (χ3v) is 5.02. The lowest BCUT2D eigenvalue weighted by molar-refractivity contribution is 0.0382. The molecule has 0 N–H and O–H groups in total. The minimum atomic E-state index is 0.536. The predicted molar refractivity (Wildman–Crippen MR) is 102 cm³/mol. The van der Waals surface area contributed by atoms with Crippen LogP contribution in [0.2, 0.25) is 0 Å². The molecule has 0 bridgehead atoms. The van der Waals surface area contributed by atoms with Crippen molar-refractivity contribution < 1.29 is 4.74 Å². The molecule has 0 amide bonds. The Balaban J connectivity index is 1.68. The van der Waals surface area contributed by atoms with Gasteiger partial charge in [0.25, 0.3) is 0 Å². The lowest BCUT2D eigenvalue weighted by Gasteiger charge is -2.25. The van der Waals surface area contributed by atoms with Crippen LogP contribution in [-0.2, 0) is 11.2 Å². The number of aromatic nitrogens is 3. The van der Waals surface area contributed by atoms with Crippen molar-refractivity contribution in [2.24, 2.45) is 0 Å². The monoisotopic (exact) mass is 411 g/mol. The Hall–Kier alpha value is -2.27. The van der Waals surface area contributed by atoms with Crippen molar-refractivity contribution in [2.45, 2.75) is 6.42 Å². The Morgan fingerprint density at radius 3 is 2.81 bits per heavy atom. The Kier molecular flexibility index (Phi) is 4.98. The summed E-state index contributed by atoms with van der Waals surface area (Å²) in [5.74, 6) is 0.760. The molecule has 4 rings (SSSR count). The highest BCUT2D eigenvalue weighted by molar-refractivity contribution is 9.10. The number of hydrogen-bond acceptors (Lipinski definition) is 5. The Bertz CT molecular complexity index is 972. The second-order valence-corrected chi connectivity index (χ2v) is 7.14. The van der Waals surface area contributed by atoms with Crippen LogP contribution in [0.4, 0.5) is 0 Å². The van der Waals surface area contributed by atoms with Crippen molar-refractivity contribution in [3.63, 3.8) is 0 Å². The summed E-state index contributed by atoms with van der Waals surface area (Å²) in [6.45, 7) is 4.35. The normalized spacial score (nSPS) is 15.2. The summed E-state index contributed by atoms with van der Waals surface area (Å²) in [7, 11) is 0. The van der Waals surface area contributed by atoms with E-state index in [0.29, 0.717) is 11.2 Å². The Morgan fingerprint density at radius 2 is 2.04 bits per heavy atom. The van der Waals surface area contributed by atoms with Crippen molar-refractivity contribution in [3.05, 3.63) is 52.3 Å². The van der Waals surface area contributed by atoms with E-state index in [0.717, 1.165) is 60.8 Å². The number of pyridine rings is 1. The molecule has 0 radical (unpaired) electrons. The van der Waals surface area contributed by atoms with E-state index in [-0.39, 0.29) is 0 Å². The van der Waals surface area contributed by atoms with Gasteiger partial charge < -0.3 is 4.74 Å². The summed E-state index contributed by atoms with van der Waals surface area (Å²) in [6.07, 6.45) is 0.754. The van der Waals surface area contributed by atoms with E-state index >= 15 is 0 Å². The summed E-state index contributed by atoms with van der Waals surface area (Å²) in [6, 6.07) is 14.0. The lowest BCUT2D eigenvalue weighted by Crippen LogP contribution is -2.37. The molecule has 1 saturated heterocycles. The summed E-state index contributed by atoms with van der Waals surface area (Å²) in [5.41, 5.74) is 3.10. The van der Waals surface area contributed by atoms with Crippen molar-refractivity contribution in [3.8, 4) is 17.3 Å². The van der Waals surface area contributed by atoms with E-state index in [9.17, 15) is 5.26 Å². The topological polar surface area (TPSA) is 66.5 Å². The number of fused-ring (bicyclic) bond motifs is 1. The van der Waals surface area contributed by atoms with Gasteiger partial charge in [-0.15, -0.1) is 0 Å². The van der Waals surface area contributed by atoms with E-state index < -0.39 is 0 Å². The summed E-state index contributed by atoms with van der Waals surface area (Å²) < 4.78 is 8.17. The first-order chi connectivity index (χ1) is 12.7. The molecule has 132 valence electrons. The molecule has 0 spiro atoms. The molecule has 2 aromatic heterocycles. The number of morpholine rings is 1. The molecule has 0 unspecified atom stereocenters. The quantitative estimate of drug-likeness (QED) is 0.660. The molecule has 7 heteroatoms. The standard InChI is InChI=1S/C19H18BrN5O/c20-16-3-1-2-14(12-16)17-5-4-15(13-21)19-22-18(23-25(17)19)6-7-24-8-10-26-11-9-24/h1-5,12H,6-11H2. The molecular formula is C19H18BrN5O. The maximum absolute atomic E-state index is 9.42. The first kappa shape index (κ1) is 17.2. The van der Waals surface area contributed by atoms with Gasteiger partial charge in [0.05, 0.1) is 24.5 Å². The molecule has 3 heterocycles. The Labute approximate surface area is 160 Å². The maximum atomic E-state index is 9.42. The van der Waals surface area contributed by atoms with Crippen LogP contribution in [0.5, 0.6) is 0 Å². The minimum Gasteiger partial charge on any atom is -0.379 e. The highest BCUT2D eigenvalue weighted by Gasteiger charge is 2.15. The van der Waals surface area contributed by atoms with Crippen LogP contribution in [0.1, 0.15) is 11.4 Å². The molecule has 1 fully saturated rings. The number of nitriles is 1. The van der Waals surface area contributed by atoms with Gasteiger partial charge in [0, 0.05) is 36.1 Å². The first-order valence-electron chi connectivity index (χ1n) is 8.59.